The molecule has 5 nitrogen and oxygen atoms in total. The maximum atomic E-state index is 13.2. The average Bonchev–Trinajstić information content (AvgIpc) is 3.10. The zero-order valence-corrected chi connectivity index (χ0v) is 18.1. The Morgan fingerprint density at radius 2 is 1.80 bits per heavy atom. The number of carbonyl (C=O) groups excluding carboxylic acids is 1. The summed E-state index contributed by atoms with van der Waals surface area (Å²) >= 11 is 12.6. The SMILES string of the molecule is CC1(C)CC(=O)C2=C(C1)Nc1nc(-c3ccc(Cl)cc3)nn1C2c1ccccc1Cl. The first-order valence-electron chi connectivity index (χ1n) is 9.82. The molecule has 1 aromatic heterocycles. The number of hydrogen-bond donors (Lipinski definition) is 1. The summed E-state index contributed by atoms with van der Waals surface area (Å²) < 4.78 is 1.78. The number of nitrogens with one attached hydrogen (secondary N) is 1. The first kappa shape index (κ1) is 19.3. The first-order valence-corrected chi connectivity index (χ1v) is 10.6. The van der Waals surface area contributed by atoms with Crippen LogP contribution in [0, 0.1) is 5.41 Å². The molecule has 2 aromatic carbocycles. The molecular weight excluding hydrogens is 419 g/mol. The van der Waals surface area contributed by atoms with E-state index >= 15 is 0 Å². The Morgan fingerprint density at radius 1 is 1.07 bits per heavy atom. The third-order valence-electron chi connectivity index (χ3n) is 5.63. The van der Waals surface area contributed by atoms with E-state index in [2.05, 4.69) is 19.2 Å². The molecule has 1 aliphatic heterocycles. The van der Waals surface area contributed by atoms with Crippen LogP contribution < -0.4 is 5.32 Å². The summed E-state index contributed by atoms with van der Waals surface area (Å²) in [5.41, 5.74) is 3.21. The third kappa shape index (κ3) is 3.22. The molecule has 0 radical (unpaired) electrons. The monoisotopic (exact) mass is 438 g/mol. The minimum atomic E-state index is -0.415. The van der Waals surface area contributed by atoms with Crippen LogP contribution in [0.4, 0.5) is 5.95 Å². The zero-order chi connectivity index (χ0) is 21.0. The molecule has 152 valence electrons. The molecule has 0 bridgehead atoms. The lowest BCUT2D eigenvalue weighted by Crippen LogP contribution is -2.36. The van der Waals surface area contributed by atoms with E-state index in [0.29, 0.717) is 28.2 Å². The van der Waals surface area contributed by atoms with E-state index in [1.165, 1.54) is 0 Å². The summed E-state index contributed by atoms with van der Waals surface area (Å²) in [7, 11) is 0. The van der Waals surface area contributed by atoms with Crippen LogP contribution in [0.3, 0.4) is 0 Å². The summed E-state index contributed by atoms with van der Waals surface area (Å²) in [5.74, 6) is 1.29. The molecule has 3 aromatic rings. The van der Waals surface area contributed by atoms with Crippen LogP contribution in [-0.2, 0) is 4.79 Å². The van der Waals surface area contributed by atoms with Gasteiger partial charge in [0.15, 0.2) is 11.6 Å². The Labute approximate surface area is 184 Å². The summed E-state index contributed by atoms with van der Waals surface area (Å²) in [6.45, 7) is 4.22. The maximum absolute atomic E-state index is 13.2. The predicted octanol–water partition coefficient (Wildman–Crippen LogP) is 5.91. The molecule has 0 amide bonds. The van der Waals surface area contributed by atoms with Gasteiger partial charge in [-0.2, -0.15) is 4.98 Å². The molecule has 30 heavy (non-hydrogen) atoms. The van der Waals surface area contributed by atoms with Crippen LogP contribution >= 0.6 is 23.2 Å². The van der Waals surface area contributed by atoms with Gasteiger partial charge < -0.3 is 5.32 Å². The van der Waals surface area contributed by atoms with Gasteiger partial charge in [-0.15, -0.1) is 5.10 Å². The number of anilines is 1. The first-order chi connectivity index (χ1) is 14.3. The quantitative estimate of drug-likeness (QED) is 0.539. The van der Waals surface area contributed by atoms with Crippen molar-refractivity contribution in [3.63, 3.8) is 0 Å². The van der Waals surface area contributed by atoms with E-state index in [9.17, 15) is 4.79 Å². The van der Waals surface area contributed by atoms with Crippen molar-refractivity contribution in [1.82, 2.24) is 14.8 Å². The number of nitrogens with zero attached hydrogens (tertiary/aromatic N) is 3. The normalized spacial score (nSPS) is 19.9. The Hall–Kier alpha value is -2.63. The number of allylic oxidation sites excluding steroid dienone is 2. The number of rotatable bonds is 2. The number of Topliss-reactive ketones (excluding diaryl/α,β-unsaturated/α-hetero) is 1. The molecular formula is C23H20Cl2N4O. The minimum absolute atomic E-state index is 0.116. The van der Waals surface area contributed by atoms with E-state index in [0.717, 1.165) is 28.8 Å². The molecule has 0 saturated heterocycles. The number of halogens is 2. The highest BCUT2D eigenvalue weighted by Crippen LogP contribution is 2.46. The molecule has 0 saturated carbocycles. The highest BCUT2D eigenvalue weighted by molar-refractivity contribution is 6.31. The van der Waals surface area contributed by atoms with Crippen molar-refractivity contribution >= 4 is 34.9 Å². The highest BCUT2D eigenvalue weighted by atomic mass is 35.5. The van der Waals surface area contributed by atoms with Gasteiger partial charge in [0.05, 0.1) is 0 Å². The van der Waals surface area contributed by atoms with Gasteiger partial charge >= 0.3 is 0 Å². The fourth-order valence-electron chi connectivity index (χ4n) is 4.31. The van der Waals surface area contributed by atoms with Gasteiger partial charge in [-0.1, -0.05) is 55.2 Å². The molecule has 2 heterocycles. The largest absolute Gasteiger partial charge is 0.328 e. The van der Waals surface area contributed by atoms with E-state index in [-0.39, 0.29) is 11.2 Å². The van der Waals surface area contributed by atoms with Gasteiger partial charge in [-0.05, 0) is 42.2 Å². The average molecular weight is 439 g/mol. The Bertz CT molecular complexity index is 1190. The van der Waals surface area contributed by atoms with Gasteiger partial charge in [0.25, 0.3) is 0 Å². The Kier molecular flexibility index (Phi) is 4.49. The van der Waals surface area contributed by atoms with Gasteiger partial charge in [0.2, 0.25) is 5.95 Å². The molecule has 2 aliphatic rings. The summed E-state index contributed by atoms with van der Waals surface area (Å²) in [4.78, 5) is 18.0. The number of aromatic nitrogens is 3. The summed E-state index contributed by atoms with van der Waals surface area (Å²) in [6.07, 6.45) is 1.25. The van der Waals surface area contributed by atoms with Crippen molar-refractivity contribution in [3.8, 4) is 11.4 Å². The number of carbonyl (C=O) groups is 1. The van der Waals surface area contributed by atoms with Crippen LogP contribution in [-0.4, -0.2) is 20.5 Å². The number of hydrogen-bond acceptors (Lipinski definition) is 4. The van der Waals surface area contributed by atoms with Crippen LogP contribution in [0.5, 0.6) is 0 Å². The topological polar surface area (TPSA) is 59.8 Å². The highest BCUT2D eigenvalue weighted by Gasteiger charge is 2.42. The molecule has 1 N–H and O–H groups in total. The van der Waals surface area contributed by atoms with Crippen LogP contribution in [0.2, 0.25) is 10.0 Å². The smallest absolute Gasteiger partial charge is 0.226 e. The van der Waals surface area contributed by atoms with E-state index in [1.54, 1.807) is 4.68 Å². The van der Waals surface area contributed by atoms with E-state index in [4.69, 9.17) is 33.3 Å². The second-order valence-electron chi connectivity index (χ2n) is 8.59. The molecule has 0 fully saturated rings. The lowest BCUT2D eigenvalue weighted by Gasteiger charge is -2.38. The molecule has 1 unspecified atom stereocenters. The van der Waals surface area contributed by atoms with Crippen molar-refractivity contribution in [2.75, 3.05) is 5.32 Å². The van der Waals surface area contributed by atoms with Crippen molar-refractivity contribution in [3.05, 3.63) is 75.4 Å². The molecule has 1 aliphatic carbocycles. The van der Waals surface area contributed by atoms with Crippen LogP contribution in [0.25, 0.3) is 11.4 Å². The molecule has 0 spiro atoms. The minimum Gasteiger partial charge on any atom is -0.328 e. The van der Waals surface area contributed by atoms with Gasteiger partial charge in [0.1, 0.15) is 6.04 Å². The van der Waals surface area contributed by atoms with Crippen molar-refractivity contribution in [2.24, 2.45) is 5.41 Å². The van der Waals surface area contributed by atoms with Crippen molar-refractivity contribution in [1.29, 1.82) is 0 Å². The second-order valence-corrected chi connectivity index (χ2v) is 9.44. The van der Waals surface area contributed by atoms with Gasteiger partial charge in [-0.25, -0.2) is 4.68 Å². The maximum Gasteiger partial charge on any atom is 0.226 e. The molecule has 1 atom stereocenters. The zero-order valence-electron chi connectivity index (χ0n) is 16.6. The lowest BCUT2D eigenvalue weighted by molar-refractivity contribution is -0.118. The predicted molar refractivity (Wildman–Crippen MR) is 119 cm³/mol. The number of fused-ring (bicyclic) bond motifs is 1. The van der Waals surface area contributed by atoms with E-state index in [1.807, 2.05) is 48.5 Å². The lowest BCUT2D eigenvalue weighted by atomic mass is 9.73. The Morgan fingerprint density at radius 3 is 2.53 bits per heavy atom. The van der Waals surface area contributed by atoms with Crippen LogP contribution in [0.15, 0.2) is 59.8 Å². The fraction of sp³-hybridized carbons (Fsp3) is 0.261. The Balaban J connectivity index is 1.70. The molecule has 7 heteroatoms. The van der Waals surface area contributed by atoms with E-state index < -0.39 is 6.04 Å². The van der Waals surface area contributed by atoms with Gasteiger partial charge in [0, 0.05) is 38.9 Å². The standard InChI is InChI=1S/C23H20Cl2N4O/c1-23(2)11-17-19(18(30)12-23)20(15-5-3-4-6-16(15)25)29-22(26-17)27-21(28-29)13-7-9-14(24)10-8-13/h3-10,20H,11-12H2,1-2H3,(H,26,27,28). The van der Waals surface area contributed by atoms with Crippen molar-refractivity contribution < 1.29 is 4.79 Å². The molecule has 5 rings (SSSR count). The van der Waals surface area contributed by atoms with Crippen molar-refractivity contribution in [2.45, 2.75) is 32.7 Å². The second kappa shape index (κ2) is 6.96. The fourth-order valence-corrected chi connectivity index (χ4v) is 4.68. The number of benzene rings is 2. The summed E-state index contributed by atoms with van der Waals surface area (Å²) in [6, 6.07) is 14.6. The van der Waals surface area contributed by atoms with Crippen LogP contribution in [0.1, 0.15) is 38.3 Å². The summed E-state index contributed by atoms with van der Waals surface area (Å²) in [5, 5.41) is 9.40. The van der Waals surface area contributed by atoms with Gasteiger partial charge in [-0.3, -0.25) is 4.79 Å². The number of ketones is 1. The third-order valence-corrected chi connectivity index (χ3v) is 6.23.